The minimum Gasteiger partial charge on any atom is -0.346 e. The average Bonchev–Trinajstić information content (AvgIpc) is 3.73. The summed E-state index contributed by atoms with van der Waals surface area (Å²) < 4.78 is 4.84. The standard InChI is InChI=1S/C48H32N4/c1-2-18-33(19-3-1)51-43-26-10-8-22-38(43)39-28-29-45-46(47(39)51)40-23-9-11-27-44(40)52(45)48-49-41(36-24-12-16-31-14-4-6-20-34(31)36)30-42(50-48)37-25-13-17-32-15-5-7-21-35(32)37/h1-30,48-49H. The highest BCUT2D eigenvalue weighted by molar-refractivity contribution is 6.26. The van der Waals surface area contributed by atoms with Gasteiger partial charge in [-0.2, -0.15) is 0 Å². The zero-order valence-electron chi connectivity index (χ0n) is 28.2. The second-order valence-corrected chi connectivity index (χ2v) is 13.6. The number of nitrogens with zero attached hydrogens (tertiary/aromatic N) is 3. The highest BCUT2D eigenvalue weighted by Gasteiger charge is 2.27. The maximum atomic E-state index is 5.59. The first-order valence-electron chi connectivity index (χ1n) is 17.8. The first kappa shape index (κ1) is 28.9. The van der Waals surface area contributed by atoms with Crippen LogP contribution in [0.25, 0.3) is 76.5 Å². The molecule has 10 aromatic rings. The molecule has 2 aromatic heterocycles. The van der Waals surface area contributed by atoms with Crippen molar-refractivity contribution in [1.82, 2.24) is 14.5 Å². The molecule has 0 fully saturated rings. The van der Waals surface area contributed by atoms with E-state index in [0.717, 1.165) is 39.3 Å². The predicted octanol–water partition coefficient (Wildman–Crippen LogP) is 11.8. The summed E-state index contributed by atoms with van der Waals surface area (Å²) in [5, 5.41) is 13.7. The second kappa shape index (κ2) is 11.3. The summed E-state index contributed by atoms with van der Waals surface area (Å²) in [5.74, 6) is 0. The molecule has 3 heterocycles. The van der Waals surface area contributed by atoms with Gasteiger partial charge in [0.05, 0.1) is 27.8 Å². The Balaban J connectivity index is 1.22. The Kier molecular flexibility index (Phi) is 6.28. The van der Waals surface area contributed by atoms with Gasteiger partial charge in [0.1, 0.15) is 0 Å². The third kappa shape index (κ3) is 4.25. The molecule has 0 aliphatic carbocycles. The van der Waals surface area contributed by atoms with Crippen LogP contribution in [0.1, 0.15) is 17.4 Å². The number of nitrogens with one attached hydrogen (secondary N) is 1. The van der Waals surface area contributed by atoms with Crippen LogP contribution in [0.15, 0.2) is 187 Å². The van der Waals surface area contributed by atoms with Crippen molar-refractivity contribution in [3.63, 3.8) is 0 Å². The number of benzene rings is 8. The number of para-hydroxylation sites is 3. The van der Waals surface area contributed by atoms with E-state index in [-0.39, 0.29) is 0 Å². The van der Waals surface area contributed by atoms with Crippen molar-refractivity contribution in [1.29, 1.82) is 0 Å². The number of hydrogen-bond donors (Lipinski definition) is 1. The van der Waals surface area contributed by atoms with Crippen LogP contribution in [0.5, 0.6) is 0 Å². The third-order valence-corrected chi connectivity index (χ3v) is 10.7. The van der Waals surface area contributed by atoms with Gasteiger partial charge >= 0.3 is 0 Å². The van der Waals surface area contributed by atoms with Crippen LogP contribution in [0.3, 0.4) is 0 Å². The fourth-order valence-corrected chi connectivity index (χ4v) is 8.50. The SMILES string of the molecule is C1=C(c2cccc3ccccc23)NC(n2c3ccccc3c3c4c(ccc32)c2ccccc2n4-c2ccccc2)N=C1c1cccc2ccccc12. The first-order chi connectivity index (χ1) is 25.8. The van der Waals surface area contributed by atoms with Crippen molar-refractivity contribution in [2.45, 2.75) is 6.29 Å². The molecule has 1 aliphatic heterocycles. The Morgan fingerprint density at radius 3 is 1.81 bits per heavy atom. The van der Waals surface area contributed by atoms with Crippen molar-refractivity contribution >= 4 is 76.6 Å². The largest absolute Gasteiger partial charge is 0.346 e. The van der Waals surface area contributed by atoms with E-state index in [4.69, 9.17) is 4.99 Å². The van der Waals surface area contributed by atoms with Gasteiger partial charge in [0.15, 0.2) is 0 Å². The van der Waals surface area contributed by atoms with E-state index in [1.54, 1.807) is 0 Å². The van der Waals surface area contributed by atoms with Crippen molar-refractivity contribution in [2.75, 3.05) is 0 Å². The van der Waals surface area contributed by atoms with E-state index in [0.29, 0.717) is 0 Å². The maximum absolute atomic E-state index is 5.59. The number of aliphatic imine (C=N–C) groups is 1. The molecule has 0 saturated heterocycles. The van der Waals surface area contributed by atoms with Gasteiger partial charge in [-0.05, 0) is 58.0 Å². The lowest BCUT2D eigenvalue weighted by atomic mass is 9.96. The van der Waals surface area contributed by atoms with Crippen LogP contribution in [-0.4, -0.2) is 14.8 Å². The molecule has 244 valence electrons. The van der Waals surface area contributed by atoms with Crippen molar-refractivity contribution in [2.24, 2.45) is 4.99 Å². The number of aromatic nitrogens is 2. The van der Waals surface area contributed by atoms with E-state index in [9.17, 15) is 0 Å². The summed E-state index contributed by atoms with van der Waals surface area (Å²) in [4.78, 5) is 5.59. The number of allylic oxidation sites excluding steroid dienone is 1. The van der Waals surface area contributed by atoms with E-state index >= 15 is 0 Å². The van der Waals surface area contributed by atoms with Crippen LogP contribution in [-0.2, 0) is 0 Å². The summed E-state index contributed by atoms with van der Waals surface area (Å²) in [6, 6.07) is 63.2. The molecule has 0 radical (unpaired) electrons. The monoisotopic (exact) mass is 664 g/mol. The fraction of sp³-hybridized carbons (Fsp3) is 0.0208. The summed E-state index contributed by atoms with van der Waals surface area (Å²) >= 11 is 0. The lowest BCUT2D eigenvalue weighted by molar-refractivity contribution is 0.509. The molecule has 0 saturated carbocycles. The van der Waals surface area contributed by atoms with Crippen LogP contribution in [0.4, 0.5) is 0 Å². The zero-order chi connectivity index (χ0) is 34.2. The topological polar surface area (TPSA) is 34.2 Å². The summed E-state index contributed by atoms with van der Waals surface area (Å²) in [7, 11) is 0. The number of fused-ring (bicyclic) bond motifs is 9. The van der Waals surface area contributed by atoms with Gasteiger partial charge in [-0.3, -0.25) is 0 Å². The van der Waals surface area contributed by atoms with E-state index in [1.807, 2.05) is 0 Å². The molecule has 1 atom stereocenters. The Morgan fingerprint density at radius 2 is 1.04 bits per heavy atom. The van der Waals surface area contributed by atoms with Gasteiger partial charge in [-0.25, -0.2) is 4.99 Å². The Morgan fingerprint density at radius 1 is 0.442 bits per heavy atom. The minimum absolute atomic E-state index is 0.414. The first-order valence-corrected chi connectivity index (χ1v) is 17.8. The lowest BCUT2D eigenvalue weighted by Gasteiger charge is -2.27. The van der Waals surface area contributed by atoms with Gasteiger partial charge in [0.25, 0.3) is 0 Å². The summed E-state index contributed by atoms with van der Waals surface area (Å²) in [5.41, 5.74) is 10.1. The van der Waals surface area contributed by atoms with Crippen LogP contribution >= 0.6 is 0 Å². The number of hydrogen-bond acceptors (Lipinski definition) is 2. The highest BCUT2D eigenvalue weighted by atomic mass is 15.3. The Bertz CT molecular complexity index is 3090. The molecule has 1 N–H and O–H groups in total. The molecule has 4 nitrogen and oxygen atoms in total. The van der Waals surface area contributed by atoms with Crippen LogP contribution in [0, 0.1) is 0 Å². The molecular weight excluding hydrogens is 633 g/mol. The van der Waals surface area contributed by atoms with Gasteiger partial charge in [-0.1, -0.05) is 146 Å². The molecule has 4 heteroatoms. The van der Waals surface area contributed by atoms with Crippen molar-refractivity contribution in [3.8, 4) is 5.69 Å². The summed E-state index contributed by atoms with van der Waals surface area (Å²) in [6.07, 6.45) is 1.82. The molecular formula is C48H32N4. The molecule has 8 aromatic carbocycles. The van der Waals surface area contributed by atoms with E-state index in [1.165, 1.54) is 54.1 Å². The Labute approximate surface area is 300 Å². The molecule has 0 bridgehead atoms. The maximum Gasteiger partial charge on any atom is 0.201 e. The smallest absolute Gasteiger partial charge is 0.201 e. The minimum atomic E-state index is -0.414. The molecule has 1 unspecified atom stereocenters. The number of rotatable bonds is 4. The summed E-state index contributed by atoms with van der Waals surface area (Å²) in [6.45, 7) is 0. The predicted molar refractivity (Wildman–Crippen MR) is 218 cm³/mol. The Hall–Kier alpha value is -6.91. The molecule has 0 amide bonds. The third-order valence-electron chi connectivity index (χ3n) is 10.7. The normalized spacial score (nSPS) is 14.7. The quantitative estimate of drug-likeness (QED) is 0.200. The van der Waals surface area contributed by atoms with E-state index in [2.05, 4.69) is 196 Å². The zero-order valence-corrected chi connectivity index (χ0v) is 28.2. The van der Waals surface area contributed by atoms with E-state index < -0.39 is 6.29 Å². The lowest BCUT2D eigenvalue weighted by Crippen LogP contribution is -2.29. The molecule has 52 heavy (non-hydrogen) atoms. The van der Waals surface area contributed by atoms with Crippen LogP contribution < -0.4 is 5.32 Å². The van der Waals surface area contributed by atoms with Gasteiger partial charge in [0.2, 0.25) is 6.29 Å². The van der Waals surface area contributed by atoms with Crippen molar-refractivity contribution in [3.05, 3.63) is 193 Å². The van der Waals surface area contributed by atoms with Gasteiger partial charge in [-0.15, -0.1) is 0 Å². The van der Waals surface area contributed by atoms with Crippen LogP contribution in [0.2, 0.25) is 0 Å². The van der Waals surface area contributed by atoms with Crippen molar-refractivity contribution < 1.29 is 0 Å². The van der Waals surface area contributed by atoms with Gasteiger partial charge < -0.3 is 14.5 Å². The van der Waals surface area contributed by atoms with Gasteiger partial charge in [0, 0.05) is 44.1 Å². The molecule has 1 aliphatic rings. The fourth-order valence-electron chi connectivity index (χ4n) is 8.50. The second-order valence-electron chi connectivity index (χ2n) is 13.6. The molecule has 0 spiro atoms. The highest BCUT2D eigenvalue weighted by Crippen LogP contribution is 2.43. The molecule has 11 rings (SSSR count). The average molecular weight is 665 g/mol.